The molecule has 0 aliphatic rings. The molecule has 0 unspecified atom stereocenters. The second kappa shape index (κ2) is 6.76. The van der Waals surface area contributed by atoms with E-state index in [4.69, 9.17) is 15.6 Å². The summed E-state index contributed by atoms with van der Waals surface area (Å²) in [5.74, 6) is 2.62. The van der Waals surface area contributed by atoms with Gasteiger partial charge < -0.3 is 20.9 Å². The van der Waals surface area contributed by atoms with Crippen molar-refractivity contribution in [2.75, 3.05) is 11.1 Å². The molecule has 1 heterocycles. The molecule has 0 spiro atoms. The van der Waals surface area contributed by atoms with Gasteiger partial charge in [0.2, 0.25) is 0 Å². The lowest BCUT2D eigenvalue weighted by molar-refractivity contribution is 0.271. The van der Waals surface area contributed by atoms with Crippen LogP contribution in [0.25, 0.3) is 0 Å². The molecule has 0 aliphatic heterocycles. The number of nitrogen functional groups attached to an aromatic ring is 1. The van der Waals surface area contributed by atoms with E-state index in [-0.39, 0.29) is 12.4 Å². The number of nitrogens with one attached hydrogen (secondary N) is 1. The van der Waals surface area contributed by atoms with Gasteiger partial charge in [-0.15, -0.1) is 0 Å². The molecule has 0 saturated carbocycles. The molecule has 116 valence electrons. The van der Waals surface area contributed by atoms with Gasteiger partial charge in [0.15, 0.2) is 5.82 Å². The molecule has 0 saturated heterocycles. The van der Waals surface area contributed by atoms with Crippen LogP contribution in [0.1, 0.15) is 5.82 Å². The van der Waals surface area contributed by atoms with Crippen molar-refractivity contribution in [3.63, 3.8) is 0 Å². The monoisotopic (exact) mass is 308 g/mol. The van der Waals surface area contributed by atoms with Gasteiger partial charge in [-0.2, -0.15) is 0 Å². The number of anilines is 3. The molecule has 0 atom stereocenters. The Kier molecular flexibility index (Phi) is 4.35. The van der Waals surface area contributed by atoms with Crippen LogP contribution in [0, 0.1) is 0 Å². The number of nitrogens with zero attached hydrogens (tertiary/aromatic N) is 2. The number of para-hydroxylation sites is 1. The van der Waals surface area contributed by atoms with Gasteiger partial charge in [-0.25, -0.2) is 9.97 Å². The highest BCUT2D eigenvalue weighted by Crippen LogP contribution is 2.24. The Bertz CT molecular complexity index is 776. The highest BCUT2D eigenvalue weighted by atomic mass is 16.5. The van der Waals surface area contributed by atoms with Crippen LogP contribution < -0.4 is 15.8 Å². The highest BCUT2D eigenvalue weighted by Gasteiger charge is 2.03. The summed E-state index contributed by atoms with van der Waals surface area (Å²) in [6, 6.07) is 18.6. The minimum Gasteiger partial charge on any atom is -0.457 e. The van der Waals surface area contributed by atoms with Crippen molar-refractivity contribution in [1.29, 1.82) is 0 Å². The Morgan fingerprint density at radius 1 is 0.957 bits per heavy atom. The highest BCUT2D eigenvalue weighted by molar-refractivity contribution is 5.59. The Morgan fingerprint density at radius 3 is 2.35 bits per heavy atom. The van der Waals surface area contributed by atoms with Gasteiger partial charge in [-0.05, 0) is 36.4 Å². The smallest absolute Gasteiger partial charge is 0.158 e. The van der Waals surface area contributed by atoms with Crippen molar-refractivity contribution in [3.8, 4) is 11.5 Å². The van der Waals surface area contributed by atoms with E-state index < -0.39 is 0 Å². The normalized spacial score (nSPS) is 10.3. The third-order valence-corrected chi connectivity index (χ3v) is 3.04. The standard InChI is InChI=1S/C17H16N4O2/c18-15-10-16(21-17(11-22)20-15)19-12-6-8-14(9-7-12)23-13-4-2-1-3-5-13/h1-10,22H,11H2,(H3,18,19,20,21). The zero-order valence-electron chi connectivity index (χ0n) is 12.3. The SMILES string of the molecule is Nc1cc(Nc2ccc(Oc3ccccc3)cc2)nc(CO)n1. The van der Waals surface area contributed by atoms with Crippen LogP contribution >= 0.6 is 0 Å². The molecule has 3 rings (SSSR count). The molecule has 0 bridgehead atoms. The molecule has 1 aromatic heterocycles. The predicted octanol–water partition coefficient (Wildman–Crippen LogP) is 3.09. The fourth-order valence-electron chi connectivity index (χ4n) is 2.03. The van der Waals surface area contributed by atoms with Crippen molar-refractivity contribution in [3.05, 3.63) is 66.5 Å². The van der Waals surface area contributed by atoms with Crippen LogP contribution in [0.5, 0.6) is 11.5 Å². The summed E-state index contributed by atoms with van der Waals surface area (Å²) >= 11 is 0. The molecule has 0 amide bonds. The van der Waals surface area contributed by atoms with Crippen LogP contribution in [-0.4, -0.2) is 15.1 Å². The number of hydrogen-bond acceptors (Lipinski definition) is 6. The van der Waals surface area contributed by atoms with Gasteiger partial charge in [0.25, 0.3) is 0 Å². The minimum absolute atomic E-state index is 0.260. The van der Waals surface area contributed by atoms with Gasteiger partial charge >= 0.3 is 0 Å². The van der Waals surface area contributed by atoms with E-state index in [0.29, 0.717) is 11.6 Å². The molecular formula is C17H16N4O2. The van der Waals surface area contributed by atoms with Gasteiger partial charge in [0.05, 0.1) is 0 Å². The third-order valence-electron chi connectivity index (χ3n) is 3.04. The summed E-state index contributed by atoms with van der Waals surface area (Å²) in [6.45, 7) is -0.260. The quantitative estimate of drug-likeness (QED) is 0.670. The zero-order valence-corrected chi connectivity index (χ0v) is 12.3. The fourth-order valence-corrected chi connectivity index (χ4v) is 2.03. The van der Waals surface area contributed by atoms with E-state index in [9.17, 15) is 0 Å². The lowest BCUT2D eigenvalue weighted by Crippen LogP contribution is -2.03. The molecule has 23 heavy (non-hydrogen) atoms. The Labute approximate surface area is 133 Å². The first kappa shape index (κ1) is 14.8. The second-order valence-corrected chi connectivity index (χ2v) is 4.82. The third kappa shape index (κ3) is 3.96. The Hall–Kier alpha value is -3.12. The van der Waals surface area contributed by atoms with Gasteiger partial charge in [-0.3, -0.25) is 0 Å². The van der Waals surface area contributed by atoms with E-state index in [1.807, 2.05) is 54.6 Å². The number of aliphatic hydroxyl groups is 1. The first-order valence-electron chi connectivity index (χ1n) is 7.07. The molecule has 4 N–H and O–H groups in total. The van der Waals surface area contributed by atoms with Crippen molar-refractivity contribution in [2.24, 2.45) is 0 Å². The van der Waals surface area contributed by atoms with Crippen LogP contribution in [0.4, 0.5) is 17.3 Å². The lowest BCUT2D eigenvalue weighted by Gasteiger charge is -2.09. The van der Waals surface area contributed by atoms with Crippen molar-refractivity contribution in [2.45, 2.75) is 6.61 Å². The van der Waals surface area contributed by atoms with Crippen LogP contribution in [-0.2, 0) is 6.61 Å². The number of benzene rings is 2. The average Bonchev–Trinajstić information content (AvgIpc) is 2.57. The number of nitrogens with two attached hydrogens (primary N) is 1. The van der Waals surface area contributed by atoms with E-state index >= 15 is 0 Å². The molecule has 6 heteroatoms. The number of rotatable bonds is 5. The number of hydrogen-bond donors (Lipinski definition) is 3. The lowest BCUT2D eigenvalue weighted by atomic mass is 10.3. The Balaban J connectivity index is 1.71. The van der Waals surface area contributed by atoms with Crippen molar-refractivity contribution in [1.82, 2.24) is 9.97 Å². The van der Waals surface area contributed by atoms with Gasteiger partial charge in [0.1, 0.15) is 29.7 Å². The molecule has 0 fully saturated rings. The van der Waals surface area contributed by atoms with E-state index in [0.717, 1.165) is 17.2 Å². The second-order valence-electron chi connectivity index (χ2n) is 4.82. The molecule has 0 radical (unpaired) electrons. The number of aromatic nitrogens is 2. The maximum atomic E-state index is 9.10. The summed E-state index contributed by atoms with van der Waals surface area (Å²) < 4.78 is 5.73. The first-order chi connectivity index (χ1) is 11.2. The van der Waals surface area contributed by atoms with E-state index in [2.05, 4.69) is 15.3 Å². The molecule has 3 aromatic rings. The summed E-state index contributed by atoms with van der Waals surface area (Å²) in [6.07, 6.45) is 0. The first-order valence-corrected chi connectivity index (χ1v) is 7.07. The topological polar surface area (TPSA) is 93.3 Å². The summed E-state index contributed by atoms with van der Waals surface area (Å²) in [4.78, 5) is 8.07. The van der Waals surface area contributed by atoms with Gasteiger partial charge in [0, 0.05) is 11.8 Å². The molecule has 2 aromatic carbocycles. The van der Waals surface area contributed by atoms with Crippen LogP contribution in [0.3, 0.4) is 0 Å². The minimum atomic E-state index is -0.260. The molecule has 0 aliphatic carbocycles. The van der Waals surface area contributed by atoms with Crippen LogP contribution in [0.2, 0.25) is 0 Å². The predicted molar refractivity (Wildman–Crippen MR) is 88.6 cm³/mol. The largest absolute Gasteiger partial charge is 0.457 e. The zero-order chi connectivity index (χ0) is 16.1. The molecular weight excluding hydrogens is 292 g/mol. The van der Waals surface area contributed by atoms with Crippen molar-refractivity contribution >= 4 is 17.3 Å². The van der Waals surface area contributed by atoms with E-state index in [1.165, 1.54) is 0 Å². The fraction of sp³-hybridized carbons (Fsp3) is 0.0588. The summed E-state index contributed by atoms with van der Waals surface area (Å²) in [5, 5.41) is 12.2. The van der Waals surface area contributed by atoms with Crippen molar-refractivity contribution < 1.29 is 9.84 Å². The van der Waals surface area contributed by atoms with Gasteiger partial charge in [-0.1, -0.05) is 18.2 Å². The summed E-state index contributed by atoms with van der Waals surface area (Å²) in [7, 11) is 0. The van der Waals surface area contributed by atoms with E-state index in [1.54, 1.807) is 6.07 Å². The Morgan fingerprint density at radius 2 is 1.65 bits per heavy atom. The summed E-state index contributed by atoms with van der Waals surface area (Å²) in [5.41, 5.74) is 6.50. The number of ether oxygens (including phenoxy) is 1. The average molecular weight is 308 g/mol. The maximum Gasteiger partial charge on any atom is 0.158 e. The number of aliphatic hydroxyl groups excluding tert-OH is 1. The van der Waals surface area contributed by atoms with Crippen LogP contribution in [0.15, 0.2) is 60.7 Å². The molecule has 6 nitrogen and oxygen atoms in total. The maximum absolute atomic E-state index is 9.10.